The van der Waals surface area contributed by atoms with E-state index in [9.17, 15) is 4.80 Å². The van der Waals surface area contributed by atoms with Gasteiger partial charge in [0.1, 0.15) is 0 Å². The van der Waals surface area contributed by atoms with Crippen LogP contribution >= 0.6 is 0 Å². The Morgan fingerprint density at radius 2 is 0.235 bits per heavy atom. The Labute approximate surface area is 435 Å². The lowest BCUT2D eigenvalue weighted by Crippen LogP contribution is -2.34. The quantitative estimate of drug-likeness (QED) is 0.0476. The second kappa shape index (κ2) is 61.5. The van der Waals surface area contributed by atoms with Crippen molar-refractivity contribution in [1.29, 1.82) is 0 Å². The van der Waals surface area contributed by atoms with Gasteiger partial charge in [-0.25, -0.2) is 0 Å². The molecule has 2 heteroatoms. The Hall–Kier alpha value is 0.177. The summed E-state index contributed by atoms with van der Waals surface area (Å²) < 4.78 is 0. The smallest absolute Gasteiger partial charge is 0.188 e. The van der Waals surface area contributed by atoms with Crippen LogP contribution in [0.1, 0.15) is 406 Å². The summed E-state index contributed by atoms with van der Waals surface area (Å²) in [7, 11) is -2.09. The van der Waals surface area contributed by atoms with Gasteiger partial charge in [0, 0.05) is 0 Å². The Bertz CT molecular complexity index is 749. The highest BCUT2D eigenvalue weighted by Crippen LogP contribution is 2.28. The molecule has 1 nitrogen and oxygen atoms in total. The fourth-order valence-corrected chi connectivity index (χ4v) is 15.0. The van der Waals surface area contributed by atoms with Crippen LogP contribution in [0.25, 0.3) is 0 Å². The minimum Gasteiger partial charge on any atom is -0.432 e. The molecule has 0 radical (unpaired) electrons. The van der Waals surface area contributed by atoms with Crippen LogP contribution < -0.4 is 0 Å². The molecule has 0 heterocycles. The van der Waals surface area contributed by atoms with Crippen molar-refractivity contribution >= 4 is 8.32 Å². The molecular weight excluding hydrogens is 837 g/mol. The average Bonchev–Trinajstić information content (AvgIpc) is 3.34. The molecule has 0 aromatic heterocycles. The van der Waals surface area contributed by atoms with Crippen LogP contribution in [0.2, 0.25) is 18.1 Å². The topological polar surface area (TPSA) is 20.2 Å². The number of rotatable bonds is 63. The van der Waals surface area contributed by atoms with Crippen LogP contribution in [0, 0.1) is 0 Å². The third-order valence-corrected chi connectivity index (χ3v) is 20.3. The molecule has 0 aromatic rings. The maximum absolute atomic E-state index is 12.1. The summed E-state index contributed by atoms with van der Waals surface area (Å²) in [6, 6.07) is 3.60. The molecule has 1 N–H and O–H groups in total. The van der Waals surface area contributed by atoms with E-state index >= 15 is 0 Å². The summed E-state index contributed by atoms with van der Waals surface area (Å²) in [6.07, 6.45) is 86.6. The van der Waals surface area contributed by atoms with Crippen LogP contribution in [-0.2, 0) is 0 Å². The molecule has 410 valence electrons. The van der Waals surface area contributed by atoms with Gasteiger partial charge in [-0.3, -0.25) is 0 Å². The monoisotopic (exact) mass is 973 g/mol. The molecule has 0 saturated heterocycles. The maximum atomic E-state index is 12.1. The molecular formula is C66H136OSi. The van der Waals surface area contributed by atoms with Crippen molar-refractivity contribution in [3.63, 3.8) is 0 Å². The van der Waals surface area contributed by atoms with Gasteiger partial charge in [-0.1, -0.05) is 406 Å². The first-order chi connectivity index (χ1) is 33.7. The third kappa shape index (κ3) is 58.7. The highest BCUT2D eigenvalue weighted by atomic mass is 28.4. The van der Waals surface area contributed by atoms with Crippen LogP contribution in [0.15, 0.2) is 0 Å². The first kappa shape index (κ1) is 68.2. The predicted molar refractivity (Wildman–Crippen MR) is 316 cm³/mol. The summed E-state index contributed by atoms with van der Waals surface area (Å²) >= 11 is 0. The van der Waals surface area contributed by atoms with E-state index in [4.69, 9.17) is 0 Å². The van der Waals surface area contributed by atoms with Crippen LogP contribution in [-0.4, -0.2) is 13.1 Å². The van der Waals surface area contributed by atoms with Crippen molar-refractivity contribution in [3.8, 4) is 0 Å². The van der Waals surface area contributed by atoms with Crippen molar-refractivity contribution in [2.24, 2.45) is 0 Å². The van der Waals surface area contributed by atoms with E-state index in [1.165, 1.54) is 403 Å². The van der Waals surface area contributed by atoms with E-state index < -0.39 is 8.32 Å². The van der Waals surface area contributed by atoms with Crippen LogP contribution in [0.3, 0.4) is 0 Å². The Morgan fingerprint density at radius 3 is 0.338 bits per heavy atom. The van der Waals surface area contributed by atoms with Gasteiger partial charge in [-0.15, -0.1) is 0 Å². The lowest BCUT2D eigenvalue weighted by atomic mass is 10.0. The average molecular weight is 974 g/mol. The highest BCUT2D eigenvalue weighted by molar-refractivity contribution is 6.72. The normalized spacial score (nSPS) is 12.0. The summed E-state index contributed by atoms with van der Waals surface area (Å²) in [6.45, 7) is 6.95. The second-order valence-electron chi connectivity index (χ2n) is 23.6. The molecule has 0 aromatic carbocycles. The number of hydrogen-bond acceptors (Lipinski definition) is 1. The number of unbranched alkanes of at least 4 members (excludes halogenated alkanes) is 57. The maximum Gasteiger partial charge on any atom is 0.188 e. The van der Waals surface area contributed by atoms with E-state index in [2.05, 4.69) is 20.8 Å². The lowest BCUT2D eigenvalue weighted by molar-refractivity contribution is 0.490. The lowest BCUT2D eigenvalue weighted by Gasteiger charge is -2.25. The molecule has 0 atom stereocenters. The minimum absolute atomic E-state index is 1.20. The van der Waals surface area contributed by atoms with Crippen LogP contribution in [0.5, 0.6) is 0 Å². The zero-order valence-corrected chi connectivity index (χ0v) is 49.5. The van der Waals surface area contributed by atoms with Crippen LogP contribution in [0.4, 0.5) is 0 Å². The first-order valence-corrected chi connectivity index (χ1v) is 36.0. The number of hydrogen-bond donors (Lipinski definition) is 1. The zero-order valence-electron chi connectivity index (χ0n) is 48.5. The van der Waals surface area contributed by atoms with E-state index in [1.54, 1.807) is 0 Å². The van der Waals surface area contributed by atoms with Crippen molar-refractivity contribution in [3.05, 3.63) is 0 Å². The van der Waals surface area contributed by atoms with Gasteiger partial charge in [-0.05, 0) is 18.1 Å². The second-order valence-corrected chi connectivity index (χ2v) is 27.6. The Balaban J connectivity index is 4.08. The Kier molecular flexibility index (Phi) is 61.6. The van der Waals surface area contributed by atoms with Gasteiger partial charge in [-0.2, -0.15) is 0 Å². The van der Waals surface area contributed by atoms with Crippen molar-refractivity contribution < 1.29 is 4.80 Å². The minimum atomic E-state index is -2.09. The SMILES string of the molecule is CCCCCCCCCCCCCCCCCCCCCC[Si](O)(CCCCCCCCCCCCCCCCCCCCCC)CCCCCCCCCCCCCCCCCCCCCC. The van der Waals surface area contributed by atoms with Gasteiger partial charge in [0.25, 0.3) is 0 Å². The molecule has 0 rings (SSSR count). The predicted octanol–water partition coefficient (Wildman–Crippen LogP) is 25.4. The van der Waals surface area contributed by atoms with Gasteiger partial charge in [0.05, 0.1) is 0 Å². The molecule has 0 amide bonds. The van der Waals surface area contributed by atoms with E-state index in [1.807, 2.05) is 0 Å². The van der Waals surface area contributed by atoms with Crippen molar-refractivity contribution in [1.82, 2.24) is 0 Å². The molecule has 0 fully saturated rings. The molecule has 0 spiro atoms. The molecule has 0 bridgehead atoms. The fraction of sp³-hybridized carbons (Fsp3) is 1.00. The van der Waals surface area contributed by atoms with Gasteiger partial charge >= 0.3 is 0 Å². The summed E-state index contributed by atoms with van der Waals surface area (Å²) in [5, 5.41) is 0. The highest BCUT2D eigenvalue weighted by Gasteiger charge is 2.29. The van der Waals surface area contributed by atoms with Gasteiger partial charge < -0.3 is 4.80 Å². The summed E-state index contributed by atoms with van der Waals surface area (Å²) in [5.74, 6) is 0. The van der Waals surface area contributed by atoms with E-state index in [0.717, 1.165) is 0 Å². The standard InChI is InChI=1S/C66H136OSi/c1-4-7-10-13-16-19-22-25-28-31-34-37-40-43-46-49-52-55-58-61-64-68(67,65-62-59-56-53-50-47-44-41-38-35-32-29-26-23-20-17-14-11-8-5-2)66-63-60-57-54-51-48-45-42-39-36-33-30-27-24-21-18-15-12-9-6-3/h67H,4-66H2,1-3H3. The summed E-state index contributed by atoms with van der Waals surface area (Å²) in [4.78, 5) is 12.1. The molecule has 0 aliphatic carbocycles. The Morgan fingerprint density at radius 1 is 0.147 bits per heavy atom. The molecule has 68 heavy (non-hydrogen) atoms. The first-order valence-electron chi connectivity index (χ1n) is 33.4. The van der Waals surface area contributed by atoms with Crippen molar-refractivity contribution in [2.45, 2.75) is 424 Å². The van der Waals surface area contributed by atoms with Gasteiger partial charge in [0.15, 0.2) is 8.32 Å². The fourth-order valence-electron chi connectivity index (χ4n) is 11.5. The molecule has 0 aliphatic rings. The zero-order chi connectivity index (χ0) is 49.0. The molecule has 0 aliphatic heterocycles. The van der Waals surface area contributed by atoms with E-state index in [-0.39, 0.29) is 0 Å². The van der Waals surface area contributed by atoms with E-state index in [0.29, 0.717) is 0 Å². The van der Waals surface area contributed by atoms with Crippen molar-refractivity contribution in [2.75, 3.05) is 0 Å². The molecule has 0 saturated carbocycles. The van der Waals surface area contributed by atoms with Gasteiger partial charge in [0.2, 0.25) is 0 Å². The molecule has 0 unspecified atom stereocenters. The largest absolute Gasteiger partial charge is 0.432 e. The summed E-state index contributed by atoms with van der Waals surface area (Å²) in [5.41, 5.74) is 0. The third-order valence-electron chi connectivity index (χ3n) is 16.5.